The van der Waals surface area contributed by atoms with Gasteiger partial charge < -0.3 is 5.32 Å². The summed E-state index contributed by atoms with van der Waals surface area (Å²) < 4.78 is 13.4. The summed E-state index contributed by atoms with van der Waals surface area (Å²) in [6.45, 7) is 1.05. The molecular weight excluding hydrogens is 213 g/mol. The van der Waals surface area contributed by atoms with Gasteiger partial charge in [-0.25, -0.2) is 4.39 Å². The van der Waals surface area contributed by atoms with E-state index >= 15 is 0 Å². The molecule has 1 saturated heterocycles. The molecule has 1 N–H and O–H groups in total. The van der Waals surface area contributed by atoms with Crippen molar-refractivity contribution < 1.29 is 4.39 Å². The zero-order chi connectivity index (χ0) is 10.7. The van der Waals surface area contributed by atoms with Crippen LogP contribution >= 0.6 is 11.6 Å². The molecule has 82 valence electrons. The lowest BCUT2D eigenvalue weighted by atomic mass is 9.97. The van der Waals surface area contributed by atoms with Gasteiger partial charge in [0, 0.05) is 11.1 Å². The fourth-order valence-corrected chi connectivity index (χ4v) is 2.26. The van der Waals surface area contributed by atoms with Crippen LogP contribution in [0.3, 0.4) is 0 Å². The Labute approximate surface area is 94.6 Å². The van der Waals surface area contributed by atoms with Gasteiger partial charge in [-0.3, -0.25) is 0 Å². The molecule has 1 heterocycles. The van der Waals surface area contributed by atoms with E-state index in [1.807, 2.05) is 0 Å². The molecule has 1 aromatic carbocycles. The number of hydrogen-bond acceptors (Lipinski definition) is 1. The van der Waals surface area contributed by atoms with Crippen molar-refractivity contribution >= 4 is 11.6 Å². The molecule has 1 unspecified atom stereocenters. The first-order chi connectivity index (χ1) is 7.25. The van der Waals surface area contributed by atoms with Gasteiger partial charge in [0.2, 0.25) is 0 Å². The van der Waals surface area contributed by atoms with E-state index in [9.17, 15) is 4.39 Å². The largest absolute Gasteiger partial charge is 0.314 e. The van der Waals surface area contributed by atoms with E-state index in [1.165, 1.54) is 18.9 Å². The molecule has 0 aliphatic carbocycles. The highest BCUT2D eigenvalue weighted by atomic mass is 35.5. The smallest absolute Gasteiger partial charge is 0.126 e. The second kappa shape index (κ2) is 4.95. The standard InChI is InChI=1S/C12H15ClFN/c13-10-4-5-12(14)9(7-10)8-11-3-1-2-6-15-11/h4-5,7,11,15H,1-3,6,8H2. The third kappa shape index (κ3) is 2.93. The van der Waals surface area contributed by atoms with E-state index in [4.69, 9.17) is 11.6 Å². The maximum absolute atomic E-state index is 13.4. The zero-order valence-corrected chi connectivity index (χ0v) is 9.36. The monoisotopic (exact) mass is 227 g/mol. The van der Waals surface area contributed by atoms with Crippen molar-refractivity contribution in [3.63, 3.8) is 0 Å². The van der Waals surface area contributed by atoms with Crippen LogP contribution in [0.1, 0.15) is 24.8 Å². The van der Waals surface area contributed by atoms with Crippen LogP contribution in [0.5, 0.6) is 0 Å². The third-order valence-electron chi connectivity index (χ3n) is 2.89. The van der Waals surface area contributed by atoms with Crippen molar-refractivity contribution in [3.05, 3.63) is 34.6 Å². The number of rotatable bonds is 2. The summed E-state index contributed by atoms with van der Waals surface area (Å²) in [4.78, 5) is 0. The zero-order valence-electron chi connectivity index (χ0n) is 8.60. The Morgan fingerprint density at radius 1 is 1.40 bits per heavy atom. The molecule has 1 fully saturated rings. The lowest BCUT2D eigenvalue weighted by Crippen LogP contribution is -2.35. The molecule has 0 radical (unpaired) electrons. The van der Waals surface area contributed by atoms with E-state index in [1.54, 1.807) is 12.1 Å². The molecule has 1 atom stereocenters. The highest BCUT2D eigenvalue weighted by Crippen LogP contribution is 2.19. The molecule has 1 aliphatic rings. The van der Waals surface area contributed by atoms with Crippen molar-refractivity contribution in [2.75, 3.05) is 6.54 Å². The van der Waals surface area contributed by atoms with Crippen LogP contribution in [0.2, 0.25) is 5.02 Å². The normalized spacial score (nSPS) is 21.6. The molecule has 1 aliphatic heterocycles. The summed E-state index contributed by atoms with van der Waals surface area (Å²) in [6, 6.07) is 5.18. The molecule has 0 amide bonds. The summed E-state index contributed by atoms with van der Waals surface area (Å²) in [6.07, 6.45) is 4.34. The van der Waals surface area contributed by atoms with Crippen molar-refractivity contribution in [1.29, 1.82) is 0 Å². The quantitative estimate of drug-likeness (QED) is 0.819. The number of piperidine rings is 1. The first kappa shape index (κ1) is 10.9. The maximum Gasteiger partial charge on any atom is 0.126 e. The van der Waals surface area contributed by atoms with Crippen LogP contribution in [0, 0.1) is 5.82 Å². The van der Waals surface area contributed by atoms with Crippen LogP contribution in [-0.4, -0.2) is 12.6 Å². The summed E-state index contributed by atoms with van der Waals surface area (Å²) >= 11 is 5.85. The van der Waals surface area contributed by atoms with Crippen LogP contribution in [0.15, 0.2) is 18.2 Å². The van der Waals surface area contributed by atoms with Crippen molar-refractivity contribution in [2.45, 2.75) is 31.7 Å². The minimum atomic E-state index is -0.147. The predicted molar refractivity (Wildman–Crippen MR) is 60.8 cm³/mol. The fourth-order valence-electron chi connectivity index (χ4n) is 2.06. The van der Waals surface area contributed by atoms with Gasteiger partial charge in [0.25, 0.3) is 0 Å². The molecule has 1 aromatic rings. The number of benzene rings is 1. The fraction of sp³-hybridized carbons (Fsp3) is 0.500. The molecular formula is C12H15ClFN. The van der Waals surface area contributed by atoms with Crippen molar-refractivity contribution in [1.82, 2.24) is 5.32 Å². The van der Waals surface area contributed by atoms with Crippen molar-refractivity contribution in [2.24, 2.45) is 0 Å². The average molecular weight is 228 g/mol. The Balaban J connectivity index is 2.05. The van der Waals surface area contributed by atoms with Crippen molar-refractivity contribution in [3.8, 4) is 0 Å². The highest BCUT2D eigenvalue weighted by molar-refractivity contribution is 6.30. The second-order valence-electron chi connectivity index (χ2n) is 4.09. The van der Waals surface area contributed by atoms with Crippen LogP contribution in [0.4, 0.5) is 4.39 Å². The van der Waals surface area contributed by atoms with Gasteiger partial charge in [0.1, 0.15) is 5.82 Å². The van der Waals surface area contributed by atoms with Gasteiger partial charge in [-0.1, -0.05) is 18.0 Å². The van der Waals surface area contributed by atoms with Gasteiger partial charge in [-0.05, 0) is 49.6 Å². The first-order valence-electron chi connectivity index (χ1n) is 5.43. The summed E-state index contributed by atoms with van der Waals surface area (Å²) in [5.41, 5.74) is 0.724. The summed E-state index contributed by atoms with van der Waals surface area (Å²) in [5.74, 6) is -0.147. The molecule has 0 saturated carbocycles. The Bertz CT molecular complexity index is 334. The summed E-state index contributed by atoms with van der Waals surface area (Å²) in [7, 11) is 0. The molecule has 2 rings (SSSR count). The van der Waals surface area contributed by atoms with Crippen LogP contribution in [0.25, 0.3) is 0 Å². The number of nitrogens with one attached hydrogen (secondary N) is 1. The Hall–Kier alpha value is -0.600. The van der Waals surface area contributed by atoms with Crippen LogP contribution < -0.4 is 5.32 Å². The van der Waals surface area contributed by atoms with Gasteiger partial charge in [0.15, 0.2) is 0 Å². The molecule has 1 nitrogen and oxygen atoms in total. The molecule has 0 bridgehead atoms. The lowest BCUT2D eigenvalue weighted by Gasteiger charge is -2.23. The maximum atomic E-state index is 13.4. The summed E-state index contributed by atoms with van der Waals surface area (Å²) in [5, 5.41) is 4.02. The van der Waals surface area contributed by atoms with Gasteiger partial charge in [-0.15, -0.1) is 0 Å². The topological polar surface area (TPSA) is 12.0 Å². The molecule has 0 spiro atoms. The second-order valence-corrected chi connectivity index (χ2v) is 4.52. The Morgan fingerprint density at radius 3 is 3.00 bits per heavy atom. The Kier molecular flexibility index (Phi) is 3.60. The minimum absolute atomic E-state index is 0.147. The van der Waals surface area contributed by atoms with Gasteiger partial charge in [-0.2, -0.15) is 0 Å². The van der Waals surface area contributed by atoms with E-state index in [0.29, 0.717) is 11.1 Å². The Morgan fingerprint density at radius 2 is 2.27 bits per heavy atom. The number of halogens is 2. The van der Waals surface area contributed by atoms with E-state index in [-0.39, 0.29) is 5.82 Å². The predicted octanol–water partition coefficient (Wildman–Crippen LogP) is 3.16. The van der Waals surface area contributed by atoms with Gasteiger partial charge >= 0.3 is 0 Å². The third-order valence-corrected chi connectivity index (χ3v) is 3.12. The highest BCUT2D eigenvalue weighted by Gasteiger charge is 2.15. The average Bonchev–Trinajstić information content (AvgIpc) is 2.25. The molecule has 0 aromatic heterocycles. The van der Waals surface area contributed by atoms with E-state index in [0.717, 1.165) is 24.9 Å². The van der Waals surface area contributed by atoms with E-state index < -0.39 is 0 Å². The lowest BCUT2D eigenvalue weighted by molar-refractivity contribution is 0.395. The minimum Gasteiger partial charge on any atom is -0.314 e. The van der Waals surface area contributed by atoms with Crippen LogP contribution in [-0.2, 0) is 6.42 Å². The van der Waals surface area contributed by atoms with Gasteiger partial charge in [0.05, 0.1) is 0 Å². The number of hydrogen-bond donors (Lipinski definition) is 1. The SMILES string of the molecule is Fc1ccc(Cl)cc1CC1CCCCN1. The molecule has 15 heavy (non-hydrogen) atoms. The van der Waals surface area contributed by atoms with E-state index in [2.05, 4.69) is 5.32 Å². The first-order valence-corrected chi connectivity index (χ1v) is 5.81. The molecule has 3 heteroatoms.